The number of piperazine rings is 1. The van der Waals surface area contributed by atoms with Crippen molar-refractivity contribution in [3.63, 3.8) is 0 Å². The molecule has 1 fully saturated rings. The molecule has 0 radical (unpaired) electrons. The van der Waals surface area contributed by atoms with Gasteiger partial charge in [0.25, 0.3) is 5.91 Å². The van der Waals surface area contributed by atoms with Gasteiger partial charge in [-0.2, -0.15) is 0 Å². The van der Waals surface area contributed by atoms with Crippen molar-refractivity contribution >= 4 is 11.7 Å². The smallest absolute Gasteiger partial charge is 0.251 e. The number of pyridine rings is 1. The van der Waals surface area contributed by atoms with Gasteiger partial charge in [-0.15, -0.1) is 0 Å². The molecule has 0 spiro atoms. The molecule has 1 aliphatic carbocycles. The second-order valence-corrected chi connectivity index (χ2v) is 7.88. The van der Waals surface area contributed by atoms with E-state index < -0.39 is 0 Å². The predicted octanol–water partition coefficient (Wildman–Crippen LogP) is 3.85. The van der Waals surface area contributed by atoms with Crippen molar-refractivity contribution in [3.05, 3.63) is 71.4 Å². The molecule has 0 unspecified atom stereocenters. The summed E-state index contributed by atoms with van der Waals surface area (Å²) in [7, 11) is 0. The Bertz CT molecular complexity index is 849. The summed E-state index contributed by atoms with van der Waals surface area (Å²) >= 11 is 0. The van der Waals surface area contributed by atoms with E-state index in [2.05, 4.69) is 50.9 Å². The van der Waals surface area contributed by atoms with Gasteiger partial charge < -0.3 is 15.5 Å². The van der Waals surface area contributed by atoms with Gasteiger partial charge in [-0.3, -0.25) is 4.79 Å². The highest BCUT2D eigenvalue weighted by atomic mass is 16.1. The lowest BCUT2D eigenvalue weighted by atomic mass is 9.97. The summed E-state index contributed by atoms with van der Waals surface area (Å²) in [4.78, 5) is 19.4. The van der Waals surface area contributed by atoms with Gasteiger partial charge in [0.05, 0.1) is 0 Å². The van der Waals surface area contributed by atoms with Crippen LogP contribution in [0.3, 0.4) is 0 Å². The van der Waals surface area contributed by atoms with E-state index in [1.54, 1.807) is 12.3 Å². The lowest BCUT2D eigenvalue weighted by Gasteiger charge is -2.34. The Morgan fingerprint density at radius 1 is 1.21 bits per heavy atom. The molecule has 29 heavy (non-hydrogen) atoms. The average molecular weight is 391 g/mol. The summed E-state index contributed by atoms with van der Waals surface area (Å²) in [6.07, 6.45) is 9.99. The van der Waals surface area contributed by atoms with E-state index >= 15 is 0 Å². The van der Waals surface area contributed by atoms with E-state index in [1.807, 2.05) is 12.1 Å². The molecule has 1 atom stereocenters. The van der Waals surface area contributed by atoms with E-state index in [0.29, 0.717) is 12.1 Å². The molecular weight excluding hydrogens is 360 g/mol. The number of rotatable bonds is 6. The fourth-order valence-corrected chi connectivity index (χ4v) is 4.17. The molecule has 2 N–H and O–H groups in total. The van der Waals surface area contributed by atoms with Crippen LogP contribution in [0.5, 0.6) is 0 Å². The summed E-state index contributed by atoms with van der Waals surface area (Å²) in [5.41, 5.74) is 3.45. The maximum absolute atomic E-state index is 12.6. The lowest BCUT2D eigenvalue weighted by molar-refractivity contribution is 0.0954. The molecule has 1 amide bonds. The van der Waals surface area contributed by atoms with Crippen molar-refractivity contribution in [1.29, 1.82) is 0 Å². The summed E-state index contributed by atoms with van der Waals surface area (Å²) in [6.45, 7) is 3.32. The van der Waals surface area contributed by atoms with Gasteiger partial charge in [-0.25, -0.2) is 4.98 Å². The Hall–Kier alpha value is -2.66. The minimum atomic E-state index is -0.0141. The summed E-state index contributed by atoms with van der Waals surface area (Å²) in [5, 5.41) is 6.65. The quantitative estimate of drug-likeness (QED) is 0.736. The number of anilines is 1. The molecule has 1 aromatic heterocycles. The number of amides is 1. The number of hydrogen-bond donors (Lipinski definition) is 2. The molecule has 5 heteroatoms. The Labute approximate surface area is 173 Å². The second kappa shape index (κ2) is 9.70. The standard InChI is InChI=1S/C24H30N4O/c29-24(27-13-11-19-7-3-1-4-8-19)21-12-14-26-23(17-21)28-16-15-25-22(18-28)20-9-5-2-6-10-20/h2,5-7,9-10,12,14,17,22,25H,1,3-4,8,11,13,15-16,18H2,(H,27,29)/t22-/m1/s1. The molecule has 152 valence electrons. The molecular formula is C24H30N4O. The van der Waals surface area contributed by atoms with Gasteiger partial charge in [0.15, 0.2) is 0 Å². The fraction of sp³-hybridized carbons (Fsp3) is 0.417. The summed E-state index contributed by atoms with van der Waals surface area (Å²) in [6, 6.07) is 14.5. The average Bonchev–Trinajstić information content (AvgIpc) is 2.80. The van der Waals surface area contributed by atoms with Crippen LogP contribution >= 0.6 is 0 Å². The van der Waals surface area contributed by atoms with Gasteiger partial charge in [-0.1, -0.05) is 42.0 Å². The van der Waals surface area contributed by atoms with Crippen LogP contribution in [0.1, 0.15) is 54.1 Å². The van der Waals surface area contributed by atoms with Crippen molar-refractivity contribution in [1.82, 2.24) is 15.6 Å². The SMILES string of the molecule is O=C(NCCC1=CCCCC1)c1ccnc(N2CCN[C@@H](c3ccccc3)C2)c1. The molecule has 0 saturated carbocycles. The lowest BCUT2D eigenvalue weighted by Crippen LogP contribution is -2.46. The van der Waals surface area contributed by atoms with Crippen molar-refractivity contribution in [2.45, 2.75) is 38.1 Å². The van der Waals surface area contributed by atoms with Crippen molar-refractivity contribution < 1.29 is 4.79 Å². The van der Waals surface area contributed by atoms with Crippen molar-refractivity contribution in [2.24, 2.45) is 0 Å². The van der Waals surface area contributed by atoms with Gasteiger partial charge in [0.1, 0.15) is 5.82 Å². The number of aromatic nitrogens is 1. The van der Waals surface area contributed by atoms with E-state index in [4.69, 9.17) is 0 Å². The van der Waals surface area contributed by atoms with Crippen molar-refractivity contribution in [3.8, 4) is 0 Å². The highest BCUT2D eigenvalue weighted by Gasteiger charge is 2.22. The van der Waals surface area contributed by atoms with E-state index in [9.17, 15) is 4.79 Å². The normalized spacial score (nSPS) is 19.5. The topological polar surface area (TPSA) is 57.3 Å². The first-order valence-electron chi connectivity index (χ1n) is 10.7. The summed E-state index contributed by atoms with van der Waals surface area (Å²) in [5.74, 6) is 0.856. The second-order valence-electron chi connectivity index (χ2n) is 7.88. The minimum absolute atomic E-state index is 0.0141. The molecule has 2 aromatic rings. The first-order valence-corrected chi connectivity index (χ1v) is 10.7. The molecule has 1 aliphatic heterocycles. The third-order valence-corrected chi connectivity index (χ3v) is 5.83. The Morgan fingerprint density at radius 2 is 2.10 bits per heavy atom. The molecule has 4 rings (SSSR count). The largest absolute Gasteiger partial charge is 0.353 e. The monoisotopic (exact) mass is 390 g/mol. The van der Waals surface area contributed by atoms with Gasteiger partial charge in [-0.05, 0) is 49.8 Å². The van der Waals surface area contributed by atoms with Gasteiger partial charge >= 0.3 is 0 Å². The van der Waals surface area contributed by atoms with Crippen LogP contribution in [0.4, 0.5) is 5.82 Å². The number of carbonyl (C=O) groups is 1. The predicted molar refractivity (Wildman–Crippen MR) is 117 cm³/mol. The molecule has 2 heterocycles. The molecule has 5 nitrogen and oxygen atoms in total. The van der Waals surface area contributed by atoms with Crippen LogP contribution in [0.25, 0.3) is 0 Å². The van der Waals surface area contributed by atoms with Crippen molar-refractivity contribution in [2.75, 3.05) is 31.1 Å². The fourth-order valence-electron chi connectivity index (χ4n) is 4.17. The highest BCUT2D eigenvalue weighted by Crippen LogP contribution is 2.22. The number of carbonyl (C=O) groups excluding carboxylic acids is 1. The zero-order valence-corrected chi connectivity index (χ0v) is 16.9. The van der Waals surface area contributed by atoms with Gasteiger partial charge in [0.2, 0.25) is 0 Å². The first kappa shape index (κ1) is 19.6. The maximum atomic E-state index is 12.6. The van der Waals surface area contributed by atoms with Crippen LogP contribution in [0.15, 0.2) is 60.3 Å². The molecule has 0 bridgehead atoms. The van der Waals surface area contributed by atoms with Crippen LogP contribution in [-0.4, -0.2) is 37.1 Å². The maximum Gasteiger partial charge on any atom is 0.251 e. The number of nitrogens with zero attached hydrogens (tertiary/aromatic N) is 2. The minimum Gasteiger partial charge on any atom is -0.353 e. The van der Waals surface area contributed by atoms with E-state index in [0.717, 1.165) is 31.9 Å². The van der Waals surface area contributed by atoms with Gasteiger partial charge in [0, 0.05) is 44.0 Å². The number of allylic oxidation sites excluding steroid dienone is 1. The van der Waals surface area contributed by atoms with Crippen LogP contribution < -0.4 is 15.5 Å². The highest BCUT2D eigenvalue weighted by molar-refractivity contribution is 5.94. The van der Waals surface area contributed by atoms with Crippen LogP contribution in [0.2, 0.25) is 0 Å². The zero-order valence-electron chi connectivity index (χ0n) is 16.9. The number of benzene rings is 1. The summed E-state index contributed by atoms with van der Waals surface area (Å²) < 4.78 is 0. The third-order valence-electron chi connectivity index (χ3n) is 5.83. The Balaban J connectivity index is 1.36. The van der Waals surface area contributed by atoms with E-state index in [1.165, 1.54) is 36.8 Å². The number of nitrogens with one attached hydrogen (secondary N) is 2. The third kappa shape index (κ3) is 5.24. The van der Waals surface area contributed by atoms with Crippen LogP contribution in [-0.2, 0) is 0 Å². The first-order chi connectivity index (χ1) is 14.3. The zero-order chi connectivity index (χ0) is 19.9. The molecule has 1 aromatic carbocycles. The number of hydrogen-bond acceptors (Lipinski definition) is 4. The Morgan fingerprint density at radius 3 is 2.93 bits per heavy atom. The van der Waals surface area contributed by atoms with E-state index in [-0.39, 0.29) is 11.9 Å². The molecule has 1 saturated heterocycles. The Kier molecular flexibility index (Phi) is 6.57. The molecule has 2 aliphatic rings. The van der Waals surface area contributed by atoms with Crippen LogP contribution in [0, 0.1) is 0 Å².